The predicted octanol–water partition coefficient (Wildman–Crippen LogP) is 3.92. The number of hydrogen-bond acceptors (Lipinski definition) is 4. The van der Waals surface area contributed by atoms with Gasteiger partial charge in [0.05, 0.1) is 13.2 Å². The molecule has 0 saturated heterocycles. The Morgan fingerprint density at radius 2 is 1.76 bits per heavy atom. The van der Waals surface area contributed by atoms with Gasteiger partial charge in [-0.2, -0.15) is 0 Å². The maximum atomic E-state index is 11.6. The van der Waals surface area contributed by atoms with Crippen LogP contribution in [0, 0.1) is 0 Å². The van der Waals surface area contributed by atoms with Crippen molar-refractivity contribution in [3.05, 3.63) is 29.8 Å². The average molecular weight is 292 g/mol. The largest absolute Gasteiger partial charge is 0.490 e. The molecule has 0 spiro atoms. The Morgan fingerprint density at radius 1 is 1.10 bits per heavy atom. The van der Waals surface area contributed by atoms with Crippen LogP contribution >= 0.6 is 0 Å². The highest BCUT2D eigenvalue weighted by Gasteiger charge is 2.18. The molecule has 0 fully saturated rings. The van der Waals surface area contributed by atoms with Crippen LogP contribution in [0.3, 0.4) is 0 Å². The molecule has 0 heterocycles. The molecular weight excluding hydrogens is 268 g/mol. The van der Waals surface area contributed by atoms with Crippen molar-refractivity contribution >= 4 is 5.97 Å². The van der Waals surface area contributed by atoms with Crippen LogP contribution in [-0.4, -0.2) is 19.2 Å². The van der Waals surface area contributed by atoms with Gasteiger partial charge in [0.2, 0.25) is 5.75 Å². The van der Waals surface area contributed by atoms with Gasteiger partial charge in [0.1, 0.15) is 0 Å². The highest BCUT2D eigenvalue weighted by molar-refractivity contribution is 5.84. The number of allylic oxidation sites excluding steroid dienone is 1. The van der Waals surface area contributed by atoms with E-state index in [9.17, 15) is 4.79 Å². The fraction of sp³-hybridized carbons (Fsp3) is 0.471. The molecule has 0 radical (unpaired) electrons. The first kappa shape index (κ1) is 17.1. The summed E-state index contributed by atoms with van der Waals surface area (Å²) >= 11 is 0. The number of rotatable bonds is 8. The summed E-state index contributed by atoms with van der Waals surface area (Å²) in [4.78, 5) is 11.6. The summed E-state index contributed by atoms with van der Waals surface area (Å²) < 4.78 is 16.7. The van der Waals surface area contributed by atoms with Crippen LogP contribution in [0.5, 0.6) is 17.2 Å². The van der Waals surface area contributed by atoms with Gasteiger partial charge in [-0.25, -0.2) is 4.79 Å². The second kappa shape index (κ2) is 9.06. The number of hydrogen-bond donors (Lipinski definition) is 0. The summed E-state index contributed by atoms with van der Waals surface area (Å²) in [6.07, 6.45) is 4.90. The highest BCUT2D eigenvalue weighted by Crippen LogP contribution is 2.41. The van der Waals surface area contributed by atoms with E-state index in [1.807, 2.05) is 19.9 Å². The molecule has 0 atom stereocenters. The van der Waals surface area contributed by atoms with Crippen LogP contribution < -0.4 is 14.2 Å². The maximum absolute atomic E-state index is 11.6. The maximum Gasteiger partial charge on any atom is 0.335 e. The number of aryl methyl sites for hydroxylation is 1. The van der Waals surface area contributed by atoms with Crippen molar-refractivity contribution in [1.29, 1.82) is 0 Å². The molecule has 0 aliphatic carbocycles. The predicted molar refractivity (Wildman–Crippen MR) is 83.2 cm³/mol. The number of esters is 1. The molecule has 0 N–H and O–H groups in total. The number of carbonyl (C=O) groups is 1. The Hall–Kier alpha value is -1.97. The zero-order chi connectivity index (χ0) is 15.7. The average Bonchev–Trinajstić information content (AvgIpc) is 2.45. The van der Waals surface area contributed by atoms with E-state index in [-0.39, 0.29) is 0 Å². The van der Waals surface area contributed by atoms with Crippen molar-refractivity contribution in [2.24, 2.45) is 0 Å². The SMILES string of the molecule is CC=CC(=O)Oc1ccc(CCC)c(OCC)c1OCC. The molecule has 0 saturated carbocycles. The summed E-state index contributed by atoms with van der Waals surface area (Å²) in [7, 11) is 0. The van der Waals surface area contributed by atoms with Crippen molar-refractivity contribution in [3.8, 4) is 17.2 Å². The van der Waals surface area contributed by atoms with Crippen LogP contribution in [0.15, 0.2) is 24.3 Å². The van der Waals surface area contributed by atoms with Crippen LogP contribution in [0.4, 0.5) is 0 Å². The third kappa shape index (κ3) is 4.81. The van der Waals surface area contributed by atoms with Crippen LogP contribution in [-0.2, 0) is 11.2 Å². The monoisotopic (exact) mass is 292 g/mol. The van der Waals surface area contributed by atoms with E-state index in [1.165, 1.54) is 6.08 Å². The Bertz CT molecular complexity index is 492. The molecule has 0 bridgehead atoms. The molecule has 0 aliphatic heterocycles. The Labute approximate surface area is 126 Å². The summed E-state index contributed by atoms with van der Waals surface area (Å²) in [5, 5.41) is 0. The zero-order valence-corrected chi connectivity index (χ0v) is 13.3. The number of ether oxygens (including phenoxy) is 3. The van der Waals surface area contributed by atoms with Gasteiger partial charge in [-0.05, 0) is 38.8 Å². The summed E-state index contributed by atoms with van der Waals surface area (Å²) in [5.41, 5.74) is 1.06. The number of benzene rings is 1. The molecule has 116 valence electrons. The Kier molecular flexibility index (Phi) is 7.37. The molecule has 21 heavy (non-hydrogen) atoms. The Balaban J connectivity index is 3.23. The lowest BCUT2D eigenvalue weighted by Crippen LogP contribution is -2.08. The molecule has 0 aromatic heterocycles. The van der Waals surface area contributed by atoms with Crippen LogP contribution in [0.1, 0.15) is 39.7 Å². The normalized spacial score (nSPS) is 10.7. The second-order valence-electron chi connectivity index (χ2n) is 4.42. The lowest BCUT2D eigenvalue weighted by atomic mass is 10.1. The molecule has 1 aromatic rings. The minimum absolute atomic E-state index is 0.392. The lowest BCUT2D eigenvalue weighted by molar-refractivity contribution is -0.129. The van der Waals surface area contributed by atoms with Crippen LogP contribution in [0.25, 0.3) is 0 Å². The first-order valence-electron chi connectivity index (χ1n) is 7.43. The summed E-state index contributed by atoms with van der Waals surface area (Å²) in [5.74, 6) is 1.14. The Morgan fingerprint density at radius 3 is 2.33 bits per heavy atom. The smallest absolute Gasteiger partial charge is 0.335 e. The van der Waals surface area contributed by atoms with Gasteiger partial charge in [0.15, 0.2) is 11.5 Å². The van der Waals surface area contributed by atoms with Gasteiger partial charge < -0.3 is 14.2 Å². The standard InChI is InChI=1S/C17H24O4/c1-5-9-13-11-12-14(21-15(18)10-6-2)17(20-8-4)16(13)19-7-3/h6,10-12H,5,7-9H2,1-4H3. The molecule has 0 unspecified atom stereocenters. The van der Waals surface area contributed by atoms with Gasteiger partial charge >= 0.3 is 5.97 Å². The molecule has 1 rings (SSSR count). The molecule has 1 aromatic carbocycles. The van der Waals surface area contributed by atoms with Crippen molar-refractivity contribution in [2.75, 3.05) is 13.2 Å². The van der Waals surface area contributed by atoms with Crippen molar-refractivity contribution in [1.82, 2.24) is 0 Å². The first-order valence-corrected chi connectivity index (χ1v) is 7.43. The number of carbonyl (C=O) groups excluding carboxylic acids is 1. The van der Waals surface area contributed by atoms with E-state index >= 15 is 0 Å². The third-order valence-corrected chi connectivity index (χ3v) is 2.77. The fourth-order valence-corrected chi connectivity index (χ4v) is 1.99. The van der Waals surface area contributed by atoms with E-state index in [4.69, 9.17) is 14.2 Å². The van der Waals surface area contributed by atoms with E-state index < -0.39 is 5.97 Å². The van der Waals surface area contributed by atoms with Crippen LogP contribution in [0.2, 0.25) is 0 Å². The van der Waals surface area contributed by atoms with E-state index in [0.717, 1.165) is 18.4 Å². The highest BCUT2D eigenvalue weighted by atomic mass is 16.6. The second-order valence-corrected chi connectivity index (χ2v) is 4.42. The fourth-order valence-electron chi connectivity index (χ4n) is 1.99. The minimum Gasteiger partial charge on any atom is -0.490 e. The lowest BCUT2D eigenvalue weighted by Gasteiger charge is -2.17. The van der Waals surface area contributed by atoms with E-state index in [0.29, 0.717) is 30.5 Å². The summed E-state index contributed by atoms with van der Waals surface area (Å²) in [6.45, 7) is 8.69. The zero-order valence-electron chi connectivity index (χ0n) is 13.3. The molecule has 0 amide bonds. The first-order chi connectivity index (χ1) is 10.2. The third-order valence-electron chi connectivity index (χ3n) is 2.77. The summed E-state index contributed by atoms with van der Waals surface area (Å²) in [6, 6.07) is 3.69. The quantitative estimate of drug-likeness (QED) is 0.414. The van der Waals surface area contributed by atoms with Crippen molar-refractivity contribution in [2.45, 2.75) is 40.5 Å². The molecule has 4 heteroatoms. The minimum atomic E-state index is -0.427. The van der Waals surface area contributed by atoms with Gasteiger partial charge in [-0.3, -0.25) is 0 Å². The van der Waals surface area contributed by atoms with Crippen molar-refractivity contribution < 1.29 is 19.0 Å². The van der Waals surface area contributed by atoms with E-state index in [2.05, 4.69) is 6.92 Å². The van der Waals surface area contributed by atoms with Crippen molar-refractivity contribution in [3.63, 3.8) is 0 Å². The van der Waals surface area contributed by atoms with Gasteiger partial charge in [0, 0.05) is 6.08 Å². The van der Waals surface area contributed by atoms with Gasteiger partial charge in [0.25, 0.3) is 0 Å². The molecular formula is C17H24O4. The molecule has 0 aliphatic rings. The van der Waals surface area contributed by atoms with E-state index in [1.54, 1.807) is 19.1 Å². The molecule has 4 nitrogen and oxygen atoms in total. The van der Waals surface area contributed by atoms with Gasteiger partial charge in [-0.15, -0.1) is 0 Å². The van der Waals surface area contributed by atoms with Gasteiger partial charge in [-0.1, -0.05) is 25.5 Å². The topological polar surface area (TPSA) is 44.8 Å².